The van der Waals surface area contributed by atoms with Crippen LogP contribution < -0.4 is 0 Å². The molecule has 19 heavy (non-hydrogen) atoms. The van der Waals surface area contributed by atoms with Gasteiger partial charge < -0.3 is 9.47 Å². The Bertz CT molecular complexity index is 333. The van der Waals surface area contributed by atoms with Gasteiger partial charge in [-0.05, 0) is 30.6 Å². The van der Waals surface area contributed by atoms with Crippen molar-refractivity contribution in [2.45, 2.75) is 46.0 Å². The fourth-order valence-electron chi connectivity index (χ4n) is 2.67. The third kappa shape index (κ3) is 6.41. The Kier molecular flexibility index (Phi) is 6.06. The van der Waals surface area contributed by atoms with E-state index in [0.717, 1.165) is 12.5 Å². The summed E-state index contributed by atoms with van der Waals surface area (Å²) in [6, 6.07) is 0. The first-order valence-electron chi connectivity index (χ1n) is 6.88. The van der Waals surface area contributed by atoms with E-state index in [9.17, 15) is 9.59 Å². The second kappa shape index (κ2) is 7.31. The number of rotatable bonds is 6. The van der Waals surface area contributed by atoms with Gasteiger partial charge in [0.05, 0.1) is 6.61 Å². The lowest BCUT2D eigenvalue weighted by Gasteiger charge is -2.35. The van der Waals surface area contributed by atoms with Crippen molar-refractivity contribution in [2.24, 2.45) is 11.3 Å². The zero-order chi connectivity index (χ0) is 14.3. The van der Waals surface area contributed by atoms with E-state index in [4.69, 9.17) is 4.74 Å². The first kappa shape index (κ1) is 15.7. The zero-order valence-electron chi connectivity index (χ0n) is 11.9. The van der Waals surface area contributed by atoms with Crippen molar-refractivity contribution < 1.29 is 19.1 Å². The van der Waals surface area contributed by atoms with Crippen molar-refractivity contribution in [3.63, 3.8) is 0 Å². The Morgan fingerprint density at radius 3 is 2.74 bits per heavy atom. The molecule has 0 saturated heterocycles. The summed E-state index contributed by atoms with van der Waals surface area (Å²) >= 11 is 0. The molecule has 1 fully saturated rings. The largest absolute Gasteiger partial charge is 0.463 e. The van der Waals surface area contributed by atoms with E-state index in [1.165, 1.54) is 25.7 Å². The average molecular weight is 268 g/mol. The predicted octanol–water partition coefficient (Wildman–Crippen LogP) is 2.87. The molecule has 0 aromatic heterocycles. The third-order valence-corrected chi connectivity index (χ3v) is 3.60. The van der Waals surface area contributed by atoms with Gasteiger partial charge in [0, 0.05) is 6.08 Å². The van der Waals surface area contributed by atoms with Crippen molar-refractivity contribution in [3.05, 3.63) is 12.7 Å². The van der Waals surface area contributed by atoms with Gasteiger partial charge in [-0.15, -0.1) is 0 Å². The molecule has 0 N–H and O–H groups in total. The highest BCUT2D eigenvalue weighted by atomic mass is 16.6. The van der Waals surface area contributed by atoms with Crippen LogP contribution >= 0.6 is 0 Å². The summed E-state index contributed by atoms with van der Waals surface area (Å²) in [5.41, 5.74) is 0.409. The zero-order valence-corrected chi connectivity index (χ0v) is 11.9. The molecule has 0 radical (unpaired) electrons. The third-order valence-electron chi connectivity index (χ3n) is 3.60. The molecular formula is C15H24O4. The van der Waals surface area contributed by atoms with Crippen LogP contribution in [0.5, 0.6) is 0 Å². The topological polar surface area (TPSA) is 52.6 Å². The summed E-state index contributed by atoms with van der Waals surface area (Å²) in [5.74, 6) is -0.469. The Hall–Kier alpha value is -1.32. The lowest BCUT2D eigenvalue weighted by atomic mass is 9.71. The smallest absolute Gasteiger partial charge is 0.344 e. The van der Waals surface area contributed by atoms with Crippen LogP contribution in [0.3, 0.4) is 0 Å². The van der Waals surface area contributed by atoms with Crippen molar-refractivity contribution in [3.8, 4) is 0 Å². The summed E-state index contributed by atoms with van der Waals surface area (Å²) in [6.07, 6.45) is 6.85. The summed E-state index contributed by atoms with van der Waals surface area (Å²) in [5, 5.41) is 0. The van der Waals surface area contributed by atoms with Crippen molar-refractivity contribution in [1.29, 1.82) is 0 Å². The number of hydrogen-bond donors (Lipinski definition) is 0. The molecule has 0 aromatic rings. The van der Waals surface area contributed by atoms with E-state index < -0.39 is 11.9 Å². The molecule has 4 heteroatoms. The van der Waals surface area contributed by atoms with Crippen LogP contribution in [-0.2, 0) is 19.1 Å². The maximum atomic E-state index is 11.3. The van der Waals surface area contributed by atoms with Crippen LogP contribution in [0.1, 0.15) is 46.0 Å². The summed E-state index contributed by atoms with van der Waals surface area (Å²) in [4.78, 5) is 22.1. The monoisotopic (exact) mass is 268 g/mol. The molecule has 1 unspecified atom stereocenters. The standard InChI is InChI=1S/C15H24O4/c1-4-13(16)19-11-14(17)18-9-7-12-6-5-8-15(2,3)10-12/h4,12H,1,5-11H2,2-3H3. The molecule has 1 saturated carbocycles. The van der Waals surface area contributed by atoms with Crippen molar-refractivity contribution in [1.82, 2.24) is 0 Å². The van der Waals surface area contributed by atoms with Crippen LogP contribution in [0.4, 0.5) is 0 Å². The summed E-state index contributed by atoms with van der Waals surface area (Å²) in [6.45, 7) is 7.91. The normalized spacial score (nSPS) is 21.5. The fourth-order valence-corrected chi connectivity index (χ4v) is 2.67. The minimum absolute atomic E-state index is 0.332. The molecule has 0 heterocycles. The highest BCUT2D eigenvalue weighted by Gasteiger charge is 2.27. The van der Waals surface area contributed by atoms with Crippen LogP contribution in [-0.4, -0.2) is 25.2 Å². The lowest BCUT2D eigenvalue weighted by Crippen LogP contribution is -2.24. The number of ether oxygens (including phenoxy) is 2. The van der Waals surface area contributed by atoms with E-state index in [1.54, 1.807) is 0 Å². The minimum atomic E-state index is -0.606. The molecule has 0 aromatic carbocycles. The second-order valence-corrected chi connectivity index (χ2v) is 5.95. The van der Waals surface area contributed by atoms with Gasteiger partial charge in [0.25, 0.3) is 0 Å². The van der Waals surface area contributed by atoms with E-state index in [2.05, 4.69) is 25.2 Å². The highest BCUT2D eigenvalue weighted by molar-refractivity contribution is 5.83. The Morgan fingerprint density at radius 2 is 2.11 bits per heavy atom. The first-order chi connectivity index (χ1) is 8.93. The van der Waals surface area contributed by atoms with Gasteiger partial charge in [-0.2, -0.15) is 0 Å². The molecule has 108 valence electrons. The van der Waals surface area contributed by atoms with E-state index in [-0.39, 0.29) is 6.61 Å². The van der Waals surface area contributed by atoms with Crippen LogP contribution in [0.25, 0.3) is 0 Å². The quantitative estimate of drug-likeness (QED) is 0.549. The maximum Gasteiger partial charge on any atom is 0.344 e. The van der Waals surface area contributed by atoms with E-state index >= 15 is 0 Å². The second-order valence-electron chi connectivity index (χ2n) is 5.95. The van der Waals surface area contributed by atoms with Crippen molar-refractivity contribution >= 4 is 11.9 Å². The van der Waals surface area contributed by atoms with Crippen molar-refractivity contribution in [2.75, 3.05) is 13.2 Å². The Morgan fingerprint density at radius 1 is 1.37 bits per heavy atom. The molecule has 1 atom stereocenters. The average Bonchev–Trinajstić information content (AvgIpc) is 2.34. The Balaban J connectivity index is 2.14. The van der Waals surface area contributed by atoms with Gasteiger partial charge in [0.2, 0.25) is 0 Å². The van der Waals surface area contributed by atoms with Gasteiger partial charge >= 0.3 is 11.9 Å². The van der Waals surface area contributed by atoms with Crippen LogP contribution in [0.2, 0.25) is 0 Å². The maximum absolute atomic E-state index is 11.3. The number of carbonyl (C=O) groups is 2. The minimum Gasteiger partial charge on any atom is -0.463 e. The summed E-state index contributed by atoms with van der Waals surface area (Å²) in [7, 11) is 0. The molecule has 1 aliphatic carbocycles. The molecule has 0 spiro atoms. The number of carbonyl (C=O) groups excluding carboxylic acids is 2. The Labute approximate surface area is 115 Å². The van der Waals surface area contributed by atoms with Crippen LogP contribution in [0, 0.1) is 11.3 Å². The molecule has 4 nitrogen and oxygen atoms in total. The van der Waals surface area contributed by atoms with Gasteiger partial charge in [-0.3, -0.25) is 0 Å². The SMILES string of the molecule is C=CC(=O)OCC(=O)OCCC1CCCC(C)(C)C1. The first-order valence-corrected chi connectivity index (χ1v) is 6.88. The molecule has 0 amide bonds. The molecule has 0 aliphatic heterocycles. The van der Waals surface area contributed by atoms with E-state index in [1.807, 2.05) is 0 Å². The van der Waals surface area contributed by atoms with E-state index in [0.29, 0.717) is 17.9 Å². The highest BCUT2D eigenvalue weighted by Crippen LogP contribution is 2.39. The predicted molar refractivity (Wildman–Crippen MR) is 72.5 cm³/mol. The van der Waals surface area contributed by atoms with Gasteiger partial charge in [0.1, 0.15) is 0 Å². The van der Waals surface area contributed by atoms with Gasteiger partial charge in [-0.25, -0.2) is 9.59 Å². The van der Waals surface area contributed by atoms with Gasteiger partial charge in [-0.1, -0.05) is 33.3 Å². The fraction of sp³-hybridized carbons (Fsp3) is 0.733. The number of hydrogen-bond acceptors (Lipinski definition) is 4. The van der Waals surface area contributed by atoms with Crippen LogP contribution in [0.15, 0.2) is 12.7 Å². The summed E-state index contributed by atoms with van der Waals surface area (Å²) < 4.78 is 9.65. The number of esters is 2. The molecule has 1 rings (SSSR count). The molecule has 0 bridgehead atoms. The molecule has 1 aliphatic rings. The molecular weight excluding hydrogens is 244 g/mol. The van der Waals surface area contributed by atoms with Gasteiger partial charge in [0.15, 0.2) is 6.61 Å². The lowest BCUT2D eigenvalue weighted by molar-refractivity contribution is -0.156.